The van der Waals surface area contributed by atoms with Crippen molar-refractivity contribution in [3.05, 3.63) is 49.9 Å². The summed E-state index contributed by atoms with van der Waals surface area (Å²) in [5.74, 6) is 0.139. The summed E-state index contributed by atoms with van der Waals surface area (Å²) in [6.45, 7) is 1.69. The lowest BCUT2D eigenvalue weighted by atomic mass is 9.93. The van der Waals surface area contributed by atoms with Gasteiger partial charge in [0.2, 0.25) is 5.71 Å². The summed E-state index contributed by atoms with van der Waals surface area (Å²) in [7, 11) is 1.61. The molecule has 4 rings (SSSR count). The second kappa shape index (κ2) is 5.59. The third kappa shape index (κ3) is 2.27. The molecule has 1 unspecified atom stereocenters. The van der Waals surface area contributed by atoms with Gasteiger partial charge in [0.05, 0.1) is 11.6 Å². The number of furan rings is 1. The molecule has 0 fully saturated rings. The number of carbonyl (C=O) groups is 1. The van der Waals surface area contributed by atoms with Crippen LogP contribution in [0.25, 0.3) is 11.1 Å². The Bertz CT molecular complexity index is 998. The van der Waals surface area contributed by atoms with E-state index in [1.54, 1.807) is 25.3 Å². The molecule has 1 atom stereocenters. The molecule has 1 aliphatic carbocycles. The third-order valence-corrected chi connectivity index (χ3v) is 5.53. The van der Waals surface area contributed by atoms with Gasteiger partial charge in [0.25, 0.3) is 11.5 Å². The molecule has 1 aliphatic rings. The second-order valence-electron chi connectivity index (χ2n) is 6.09. The fourth-order valence-corrected chi connectivity index (χ4v) is 4.31. The van der Waals surface area contributed by atoms with Crippen molar-refractivity contribution in [1.29, 1.82) is 0 Å². The molecule has 6 nitrogen and oxygen atoms in total. The first-order chi connectivity index (χ1) is 11.6. The van der Waals surface area contributed by atoms with Crippen LogP contribution in [0.2, 0.25) is 0 Å². The Balaban J connectivity index is 1.74. The number of aryl methyl sites for hydroxylation is 3. The van der Waals surface area contributed by atoms with E-state index in [0.717, 1.165) is 19.3 Å². The lowest BCUT2D eigenvalue weighted by Crippen LogP contribution is -2.31. The number of hydrogen-bond acceptors (Lipinski definition) is 5. The molecule has 0 radical (unpaired) electrons. The van der Waals surface area contributed by atoms with Gasteiger partial charge in [-0.1, -0.05) is 0 Å². The second-order valence-corrected chi connectivity index (χ2v) is 7.09. The Hall–Kier alpha value is -2.41. The predicted molar refractivity (Wildman–Crippen MR) is 91.5 cm³/mol. The topological polar surface area (TPSA) is 77.1 Å². The van der Waals surface area contributed by atoms with E-state index in [1.807, 2.05) is 0 Å². The molecule has 7 heteroatoms. The molecule has 0 saturated heterocycles. The number of aromatic nitrogens is 2. The highest BCUT2D eigenvalue weighted by molar-refractivity contribution is 7.10. The van der Waals surface area contributed by atoms with Gasteiger partial charge in [0.15, 0.2) is 0 Å². The molecule has 24 heavy (non-hydrogen) atoms. The molecular formula is C17H17N3O3S. The van der Waals surface area contributed by atoms with Gasteiger partial charge in [-0.05, 0) is 43.2 Å². The third-order valence-electron chi connectivity index (χ3n) is 4.53. The molecule has 0 spiro atoms. The Morgan fingerprint density at radius 3 is 3.17 bits per heavy atom. The van der Waals surface area contributed by atoms with Gasteiger partial charge in [0, 0.05) is 11.9 Å². The number of fused-ring (bicyclic) bond motifs is 2. The Labute approximate surface area is 142 Å². The normalized spacial score (nSPS) is 17.0. The zero-order chi connectivity index (χ0) is 16.8. The molecule has 1 amide bonds. The number of carbonyl (C=O) groups excluding carboxylic acids is 1. The lowest BCUT2D eigenvalue weighted by molar-refractivity contribution is 0.0933. The zero-order valence-corrected chi connectivity index (χ0v) is 14.3. The van der Waals surface area contributed by atoms with Crippen LogP contribution in [0.3, 0.4) is 0 Å². The van der Waals surface area contributed by atoms with Crippen molar-refractivity contribution in [2.75, 3.05) is 0 Å². The van der Waals surface area contributed by atoms with Gasteiger partial charge >= 0.3 is 0 Å². The fraction of sp³-hybridized carbons (Fsp3) is 0.353. The van der Waals surface area contributed by atoms with E-state index in [-0.39, 0.29) is 28.6 Å². The largest absolute Gasteiger partial charge is 0.442 e. The minimum Gasteiger partial charge on any atom is -0.442 e. The Morgan fingerprint density at radius 2 is 2.33 bits per heavy atom. The van der Waals surface area contributed by atoms with Crippen molar-refractivity contribution in [1.82, 2.24) is 14.9 Å². The fourth-order valence-electron chi connectivity index (χ4n) is 3.33. The minimum atomic E-state index is -0.277. The first-order valence-corrected chi connectivity index (χ1v) is 8.76. The quantitative estimate of drug-likeness (QED) is 0.776. The van der Waals surface area contributed by atoms with Gasteiger partial charge in [0.1, 0.15) is 17.5 Å². The van der Waals surface area contributed by atoms with E-state index in [9.17, 15) is 9.59 Å². The summed E-state index contributed by atoms with van der Waals surface area (Å²) < 4.78 is 6.87. The van der Waals surface area contributed by atoms with Crippen LogP contribution in [-0.4, -0.2) is 15.5 Å². The highest BCUT2D eigenvalue weighted by Gasteiger charge is 2.27. The predicted octanol–water partition coefficient (Wildman–Crippen LogP) is 2.70. The summed E-state index contributed by atoms with van der Waals surface area (Å²) in [5.41, 5.74) is 1.42. The SMILES string of the molecule is Cc1oc2ncn(C)c(=O)c2c1C(=O)NC1CCCc2sccc21. The maximum atomic E-state index is 12.9. The van der Waals surface area contributed by atoms with Gasteiger partial charge < -0.3 is 14.3 Å². The molecule has 3 aromatic rings. The van der Waals surface area contributed by atoms with E-state index in [0.29, 0.717) is 11.3 Å². The average molecular weight is 343 g/mol. The summed E-state index contributed by atoms with van der Waals surface area (Å²) >= 11 is 1.73. The number of hydrogen-bond donors (Lipinski definition) is 1. The number of rotatable bonds is 2. The van der Waals surface area contributed by atoms with Crippen molar-refractivity contribution in [2.24, 2.45) is 7.05 Å². The van der Waals surface area contributed by atoms with Crippen molar-refractivity contribution < 1.29 is 9.21 Å². The van der Waals surface area contributed by atoms with Crippen molar-refractivity contribution in [3.63, 3.8) is 0 Å². The summed E-state index contributed by atoms with van der Waals surface area (Å²) in [6.07, 6.45) is 4.42. The van der Waals surface area contributed by atoms with Crippen LogP contribution in [0.15, 0.2) is 27.0 Å². The van der Waals surface area contributed by atoms with Crippen LogP contribution >= 0.6 is 11.3 Å². The van der Waals surface area contributed by atoms with Crippen molar-refractivity contribution in [3.8, 4) is 0 Å². The maximum Gasteiger partial charge on any atom is 0.265 e. The maximum absolute atomic E-state index is 12.9. The van der Waals surface area contributed by atoms with Crippen molar-refractivity contribution >= 4 is 28.3 Å². The van der Waals surface area contributed by atoms with E-state index >= 15 is 0 Å². The van der Waals surface area contributed by atoms with Crippen LogP contribution in [0, 0.1) is 6.92 Å². The summed E-state index contributed by atoms with van der Waals surface area (Å²) in [6, 6.07) is 2.06. The van der Waals surface area contributed by atoms with Crippen LogP contribution in [-0.2, 0) is 13.5 Å². The van der Waals surface area contributed by atoms with Gasteiger partial charge in [-0.15, -0.1) is 11.3 Å². The average Bonchev–Trinajstić information content (AvgIpc) is 3.15. The number of nitrogens with zero attached hydrogens (tertiary/aromatic N) is 2. The first kappa shape index (κ1) is 15.1. The minimum absolute atomic E-state index is 0.0163. The zero-order valence-electron chi connectivity index (χ0n) is 13.5. The van der Waals surface area contributed by atoms with Gasteiger partial charge in [-0.25, -0.2) is 4.98 Å². The van der Waals surface area contributed by atoms with E-state index in [4.69, 9.17) is 4.42 Å². The van der Waals surface area contributed by atoms with Crippen LogP contribution in [0.5, 0.6) is 0 Å². The highest BCUT2D eigenvalue weighted by atomic mass is 32.1. The van der Waals surface area contributed by atoms with Crippen LogP contribution in [0.1, 0.15) is 45.4 Å². The molecular weight excluding hydrogens is 326 g/mol. The lowest BCUT2D eigenvalue weighted by Gasteiger charge is -2.23. The smallest absolute Gasteiger partial charge is 0.265 e. The van der Waals surface area contributed by atoms with Crippen LogP contribution in [0.4, 0.5) is 0 Å². The highest BCUT2D eigenvalue weighted by Crippen LogP contribution is 2.33. The monoisotopic (exact) mass is 343 g/mol. The number of amides is 1. The number of thiophene rings is 1. The first-order valence-electron chi connectivity index (χ1n) is 7.88. The van der Waals surface area contributed by atoms with E-state index < -0.39 is 0 Å². The summed E-state index contributed by atoms with van der Waals surface area (Å²) in [4.78, 5) is 30.7. The molecule has 0 bridgehead atoms. The molecule has 0 aliphatic heterocycles. The Morgan fingerprint density at radius 1 is 1.50 bits per heavy atom. The molecule has 124 valence electrons. The Kier molecular flexibility index (Phi) is 3.53. The van der Waals surface area contributed by atoms with E-state index in [2.05, 4.69) is 21.7 Å². The van der Waals surface area contributed by atoms with Gasteiger partial charge in [-0.3, -0.25) is 9.59 Å². The summed E-state index contributed by atoms with van der Waals surface area (Å²) in [5, 5.41) is 5.38. The van der Waals surface area contributed by atoms with Crippen LogP contribution < -0.4 is 10.9 Å². The van der Waals surface area contributed by atoms with Gasteiger partial charge in [-0.2, -0.15) is 0 Å². The molecule has 1 N–H and O–H groups in total. The molecule has 0 saturated carbocycles. The standard InChI is InChI=1S/C17H17N3O3S/c1-9-13(14-16(23-9)18-8-20(2)17(14)22)15(21)19-11-4-3-5-12-10(11)6-7-24-12/h6-8,11H,3-5H2,1-2H3,(H,19,21). The van der Waals surface area contributed by atoms with Crippen molar-refractivity contribution in [2.45, 2.75) is 32.2 Å². The molecule has 3 heterocycles. The number of nitrogens with one attached hydrogen (secondary N) is 1. The molecule has 0 aromatic carbocycles. The van der Waals surface area contributed by atoms with E-state index in [1.165, 1.54) is 21.3 Å². The molecule has 3 aromatic heterocycles.